The van der Waals surface area contributed by atoms with Crippen molar-refractivity contribution in [3.63, 3.8) is 0 Å². The number of hydrogen-bond donors (Lipinski definition) is 0. The summed E-state index contributed by atoms with van der Waals surface area (Å²) in [6, 6.07) is 23.2. The van der Waals surface area contributed by atoms with E-state index >= 15 is 0 Å². The molecule has 0 spiro atoms. The van der Waals surface area contributed by atoms with Gasteiger partial charge in [0.25, 0.3) is 0 Å². The quantitative estimate of drug-likeness (QED) is 0.309. The van der Waals surface area contributed by atoms with Gasteiger partial charge in [-0.15, -0.1) is 0 Å². The predicted octanol–water partition coefficient (Wildman–Crippen LogP) is 6.53. The zero-order chi connectivity index (χ0) is 14.7. The van der Waals surface area contributed by atoms with Crippen LogP contribution in [0.15, 0.2) is 71.2 Å². The van der Waals surface area contributed by atoms with E-state index in [1.54, 1.807) is 0 Å². The first-order valence-corrected chi connectivity index (χ1v) is 8.03. The lowest BCUT2D eigenvalue weighted by molar-refractivity contribution is 0.487. The first-order chi connectivity index (χ1) is 10.8. The summed E-state index contributed by atoms with van der Waals surface area (Å²) in [5.41, 5.74) is 2.43. The molecule has 0 saturated carbocycles. The highest BCUT2D eigenvalue weighted by atomic mass is 79.9. The van der Waals surface area contributed by atoms with Gasteiger partial charge in [-0.1, -0.05) is 70.5 Å². The standard InChI is InChI=1S/C20H11BrO/c21-16-11-18-20(14-8-2-1-7-13(14)16)15-9-3-5-12-6-4-10-17(22-18)19(12)15/h1-11H. The summed E-state index contributed by atoms with van der Waals surface area (Å²) >= 11 is 3.67. The average molecular weight is 347 g/mol. The van der Waals surface area contributed by atoms with Gasteiger partial charge in [-0.05, 0) is 33.9 Å². The number of fused-ring (bicyclic) bond motifs is 4. The summed E-state index contributed by atoms with van der Waals surface area (Å²) in [6.07, 6.45) is 0. The molecule has 0 atom stereocenters. The van der Waals surface area contributed by atoms with Crippen LogP contribution < -0.4 is 4.74 Å². The molecule has 2 heteroatoms. The third-order valence-electron chi connectivity index (χ3n) is 4.31. The molecule has 22 heavy (non-hydrogen) atoms. The topological polar surface area (TPSA) is 9.23 Å². The second-order valence-electron chi connectivity index (χ2n) is 5.54. The minimum absolute atomic E-state index is 0.914. The summed E-state index contributed by atoms with van der Waals surface area (Å²) in [4.78, 5) is 0. The molecule has 1 nitrogen and oxygen atoms in total. The highest BCUT2D eigenvalue weighted by Crippen LogP contribution is 2.50. The van der Waals surface area contributed by atoms with Crippen LogP contribution in [0.4, 0.5) is 0 Å². The average Bonchev–Trinajstić information content (AvgIpc) is 2.55. The van der Waals surface area contributed by atoms with Crippen LogP contribution in [0, 0.1) is 0 Å². The van der Waals surface area contributed by atoms with Gasteiger partial charge in [-0.3, -0.25) is 0 Å². The van der Waals surface area contributed by atoms with Crippen LogP contribution in [0.5, 0.6) is 11.5 Å². The monoisotopic (exact) mass is 346 g/mol. The van der Waals surface area contributed by atoms with Crippen LogP contribution in [0.1, 0.15) is 0 Å². The van der Waals surface area contributed by atoms with Crippen LogP contribution in [-0.2, 0) is 0 Å². The molecule has 0 bridgehead atoms. The van der Waals surface area contributed by atoms with E-state index in [4.69, 9.17) is 4.74 Å². The Labute approximate surface area is 136 Å². The van der Waals surface area contributed by atoms with E-state index in [0.717, 1.165) is 16.0 Å². The third-order valence-corrected chi connectivity index (χ3v) is 4.97. The Balaban J connectivity index is 2.03. The summed E-state index contributed by atoms with van der Waals surface area (Å²) in [6.45, 7) is 0. The maximum Gasteiger partial charge on any atom is 0.137 e. The Kier molecular flexibility index (Phi) is 2.42. The molecule has 0 aliphatic carbocycles. The number of hydrogen-bond acceptors (Lipinski definition) is 1. The maximum absolute atomic E-state index is 6.21. The van der Waals surface area contributed by atoms with Crippen molar-refractivity contribution in [2.45, 2.75) is 0 Å². The largest absolute Gasteiger partial charge is 0.456 e. The van der Waals surface area contributed by atoms with Gasteiger partial charge in [-0.25, -0.2) is 0 Å². The molecule has 4 aromatic rings. The van der Waals surface area contributed by atoms with E-state index in [-0.39, 0.29) is 0 Å². The van der Waals surface area contributed by atoms with Crippen molar-refractivity contribution in [3.8, 4) is 22.6 Å². The van der Waals surface area contributed by atoms with E-state index in [2.05, 4.69) is 70.5 Å². The molecule has 1 aliphatic heterocycles. The fourth-order valence-corrected chi connectivity index (χ4v) is 3.94. The summed E-state index contributed by atoms with van der Waals surface area (Å²) in [7, 11) is 0. The molecule has 0 radical (unpaired) electrons. The molecule has 0 unspecified atom stereocenters. The Bertz CT molecular complexity index is 1060. The predicted molar refractivity (Wildman–Crippen MR) is 94.7 cm³/mol. The summed E-state index contributed by atoms with van der Waals surface area (Å²) < 4.78 is 7.27. The molecule has 1 aliphatic rings. The lowest BCUT2D eigenvalue weighted by Crippen LogP contribution is -1.98. The van der Waals surface area contributed by atoms with Gasteiger partial charge in [0.2, 0.25) is 0 Å². The van der Waals surface area contributed by atoms with Gasteiger partial charge in [-0.2, -0.15) is 0 Å². The minimum Gasteiger partial charge on any atom is -0.456 e. The van der Waals surface area contributed by atoms with Crippen molar-refractivity contribution >= 4 is 37.5 Å². The molecule has 104 valence electrons. The highest BCUT2D eigenvalue weighted by Gasteiger charge is 2.22. The van der Waals surface area contributed by atoms with E-state index in [1.165, 1.54) is 32.7 Å². The molecule has 0 aromatic heterocycles. The Morgan fingerprint density at radius 1 is 0.727 bits per heavy atom. The van der Waals surface area contributed by atoms with Gasteiger partial charge in [0.1, 0.15) is 11.5 Å². The lowest BCUT2D eigenvalue weighted by Gasteiger charge is -2.23. The number of benzene rings is 4. The Hall–Kier alpha value is -2.32. The second kappa shape index (κ2) is 4.34. The van der Waals surface area contributed by atoms with Crippen molar-refractivity contribution in [2.75, 3.05) is 0 Å². The Morgan fingerprint density at radius 2 is 1.50 bits per heavy atom. The fourth-order valence-electron chi connectivity index (χ4n) is 3.38. The van der Waals surface area contributed by atoms with E-state index < -0.39 is 0 Å². The highest BCUT2D eigenvalue weighted by molar-refractivity contribution is 9.10. The van der Waals surface area contributed by atoms with E-state index in [0.29, 0.717) is 0 Å². The second-order valence-corrected chi connectivity index (χ2v) is 6.39. The van der Waals surface area contributed by atoms with Gasteiger partial charge in [0.15, 0.2) is 0 Å². The molecule has 0 amide bonds. The third kappa shape index (κ3) is 1.53. The zero-order valence-corrected chi connectivity index (χ0v) is 13.2. The smallest absolute Gasteiger partial charge is 0.137 e. The molecule has 0 saturated heterocycles. The molecule has 4 aromatic carbocycles. The van der Waals surface area contributed by atoms with Crippen molar-refractivity contribution < 1.29 is 4.74 Å². The van der Waals surface area contributed by atoms with Crippen molar-refractivity contribution in [3.05, 3.63) is 71.2 Å². The van der Waals surface area contributed by atoms with Gasteiger partial charge >= 0.3 is 0 Å². The summed E-state index contributed by atoms with van der Waals surface area (Å²) in [5.74, 6) is 1.85. The van der Waals surface area contributed by atoms with E-state index in [1.807, 2.05) is 12.1 Å². The van der Waals surface area contributed by atoms with Crippen LogP contribution in [0.3, 0.4) is 0 Å². The maximum atomic E-state index is 6.21. The van der Waals surface area contributed by atoms with Crippen molar-refractivity contribution in [2.24, 2.45) is 0 Å². The molecular weight excluding hydrogens is 336 g/mol. The minimum atomic E-state index is 0.914. The molecule has 5 rings (SSSR count). The van der Waals surface area contributed by atoms with Gasteiger partial charge in [0, 0.05) is 15.4 Å². The first-order valence-electron chi connectivity index (χ1n) is 7.24. The number of ether oxygens (including phenoxy) is 1. The van der Waals surface area contributed by atoms with Crippen LogP contribution >= 0.6 is 15.9 Å². The van der Waals surface area contributed by atoms with Crippen LogP contribution in [0.25, 0.3) is 32.7 Å². The van der Waals surface area contributed by atoms with Gasteiger partial charge < -0.3 is 4.74 Å². The number of rotatable bonds is 0. The van der Waals surface area contributed by atoms with Gasteiger partial charge in [0.05, 0.1) is 0 Å². The lowest BCUT2D eigenvalue weighted by atomic mass is 9.91. The SMILES string of the molecule is Brc1cc2c(c3ccccc13)-c1cccc3cccc(c13)O2. The van der Waals surface area contributed by atoms with Crippen LogP contribution in [0.2, 0.25) is 0 Å². The van der Waals surface area contributed by atoms with E-state index in [9.17, 15) is 0 Å². The first kappa shape index (κ1) is 12.2. The Morgan fingerprint density at radius 3 is 2.36 bits per heavy atom. The molecule has 0 fully saturated rings. The normalized spacial score (nSPS) is 12.2. The number of halogens is 1. The fraction of sp³-hybridized carbons (Fsp3) is 0. The summed E-state index contributed by atoms with van der Waals surface area (Å²) in [5, 5.41) is 4.84. The van der Waals surface area contributed by atoms with Crippen molar-refractivity contribution in [1.29, 1.82) is 0 Å². The zero-order valence-electron chi connectivity index (χ0n) is 11.6. The van der Waals surface area contributed by atoms with Crippen molar-refractivity contribution in [1.82, 2.24) is 0 Å². The molecular formula is C20H11BrO. The van der Waals surface area contributed by atoms with Crippen LogP contribution in [-0.4, -0.2) is 0 Å². The molecule has 0 N–H and O–H groups in total. The molecule has 1 heterocycles.